The topological polar surface area (TPSA) is 54.5 Å². The molecule has 1 fully saturated rings. The average Bonchev–Trinajstić information content (AvgIpc) is 2.36. The van der Waals surface area contributed by atoms with E-state index in [9.17, 15) is 13.2 Å². The SMILES string of the molecule is Cc1cc(S(=O)(=O)Cl)ccc1C(=O)N1CCC(C)(C)CC1. The summed E-state index contributed by atoms with van der Waals surface area (Å²) >= 11 is 0. The van der Waals surface area contributed by atoms with Crippen LogP contribution in [0.15, 0.2) is 23.1 Å². The van der Waals surface area contributed by atoms with Crippen molar-refractivity contribution in [3.05, 3.63) is 29.3 Å². The molecule has 1 aromatic rings. The molecule has 4 nitrogen and oxygen atoms in total. The van der Waals surface area contributed by atoms with E-state index < -0.39 is 9.05 Å². The number of amides is 1. The van der Waals surface area contributed by atoms with E-state index in [2.05, 4.69) is 13.8 Å². The molecule has 116 valence electrons. The molecule has 1 aliphatic rings. The van der Waals surface area contributed by atoms with Crippen molar-refractivity contribution in [2.24, 2.45) is 5.41 Å². The van der Waals surface area contributed by atoms with E-state index in [1.165, 1.54) is 12.1 Å². The minimum Gasteiger partial charge on any atom is -0.339 e. The van der Waals surface area contributed by atoms with Gasteiger partial charge in [-0.05, 0) is 48.9 Å². The fourth-order valence-corrected chi connectivity index (χ4v) is 3.35. The molecule has 0 aliphatic carbocycles. The molecule has 1 aliphatic heterocycles. The second-order valence-corrected chi connectivity index (χ2v) is 8.94. The van der Waals surface area contributed by atoms with Crippen molar-refractivity contribution in [3.63, 3.8) is 0 Å². The molecular formula is C15H20ClNO3S. The van der Waals surface area contributed by atoms with Crippen molar-refractivity contribution in [3.8, 4) is 0 Å². The largest absolute Gasteiger partial charge is 0.339 e. The monoisotopic (exact) mass is 329 g/mol. The first kappa shape index (κ1) is 16.3. The summed E-state index contributed by atoms with van der Waals surface area (Å²) in [6.45, 7) is 7.62. The van der Waals surface area contributed by atoms with Gasteiger partial charge in [-0.15, -0.1) is 0 Å². The number of rotatable bonds is 2. The van der Waals surface area contributed by atoms with Crippen molar-refractivity contribution >= 4 is 25.6 Å². The molecule has 0 bridgehead atoms. The second-order valence-electron chi connectivity index (χ2n) is 6.37. The van der Waals surface area contributed by atoms with Gasteiger partial charge in [0, 0.05) is 29.3 Å². The summed E-state index contributed by atoms with van der Waals surface area (Å²) in [5.41, 5.74) is 1.45. The third-order valence-electron chi connectivity index (χ3n) is 4.11. The number of nitrogens with zero attached hydrogens (tertiary/aromatic N) is 1. The Bertz CT molecular complexity index is 657. The van der Waals surface area contributed by atoms with E-state index in [0.717, 1.165) is 25.9 Å². The third-order valence-corrected chi connectivity index (χ3v) is 5.47. The maximum Gasteiger partial charge on any atom is 0.261 e. The highest BCUT2D eigenvalue weighted by Crippen LogP contribution is 2.30. The number of likely N-dealkylation sites (tertiary alicyclic amines) is 1. The van der Waals surface area contributed by atoms with E-state index in [-0.39, 0.29) is 16.2 Å². The zero-order valence-electron chi connectivity index (χ0n) is 12.5. The maximum absolute atomic E-state index is 12.5. The lowest BCUT2D eigenvalue weighted by molar-refractivity contribution is 0.0629. The van der Waals surface area contributed by atoms with Crippen molar-refractivity contribution in [2.75, 3.05) is 13.1 Å². The molecule has 1 heterocycles. The molecule has 0 radical (unpaired) electrons. The molecule has 6 heteroatoms. The molecule has 2 rings (SSSR count). The summed E-state index contributed by atoms with van der Waals surface area (Å²) in [7, 11) is 1.56. The van der Waals surface area contributed by atoms with Gasteiger partial charge >= 0.3 is 0 Å². The first-order chi connectivity index (χ1) is 9.60. The molecule has 21 heavy (non-hydrogen) atoms. The normalized spacial score (nSPS) is 18.6. The number of piperidine rings is 1. The number of hydrogen-bond donors (Lipinski definition) is 0. The van der Waals surface area contributed by atoms with Gasteiger partial charge in [0.2, 0.25) is 0 Å². The lowest BCUT2D eigenvalue weighted by Crippen LogP contribution is -2.41. The van der Waals surface area contributed by atoms with Crippen LogP contribution in [0.5, 0.6) is 0 Å². The highest BCUT2D eigenvalue weighted by Gasteiger charge is 2.29. The summed E-state index contributed by atoms with van der Waals surface area (Å²) in [6, 6.07) is 4.38. The number of halogens is 1. The van der Waals surface area contributed by atoms with Gasteiger partial charge < -0.3 is 4.90 Å². The molecule has 1 saturated heterocycles. The van der Waals surface area contributed by atoms with Crippen LogP contribution >= 0.6 is 10.7 Å². The van der Waals surface area contributed by atoms with E-state index >= 15 is 0 Å². The minimum atomic E-state index is -3.76. The average molecular weight is 330 g/mol. The highest BCUT2D eigenvalue weighted by molar-refractivity contribution is 8.13. The van der Waals surface area contributed by atoms with Crippen LogP contribution < -0.4 is 0 Å². The number of carbonyl (C=O) groups is 1. The maximum atomic E-state index is 12.5. The molecular weight excluding hydrogens is 310 g/mol. The lowest BCUT2D eigenvalue weighted by atomic mass is 9.82. The van der Waals surface area contributed by atoms with Gasteiger partial charge in [0.05, 0.1) is 4.90 Å². The van der Waals surface area contributed by atoms with Gasteiger partial charge in [0.15, 0.2) is 0 Å². The quantitative estimate of drug-likeness (QED) is 0.783. The number of benzene rings is 1. The van der Waals surface area contributed by atoms with E-state index in [1.54, 1.807) is 13.0 Å². The lowest BCUT2D eigenvalue weighted by Gasteiger charge is -2.37. The van der Waals surface area contributed by atoms with Crippen LogP contribution in [-0.4, -0.2) is 32.3 Å². The van der Waals surface area contributed by atoms with Crippen LogP contribution in [0.2, 0.25) is 0 Å². The Morgan fingerprint density at radius 2 is 1.81 bits per heavy atom. The standard InChI is InChI=1S/C15H20ClNO3S/c1-11-10-12(21(16,19)20)4-5-13(11)14(18)17-8-6-15(2,3)7-9-17/h4-5,10H,6-9H2,1-3H3. The smallest absolute Gasteiger partial charge is 0.261 e. The Morgan fingerprint density at radius 1 is 1.24 bits per heavy atom. The van der Waals surface area contributed by atoms with Crippen LogP contribution in [0.3, 0.4) is 0 Å². The molecule has 0 saturated carbocycles. The summed E-state index contributed by atoms with van der Waals surface area (Å²) in [4.78, 5) is 14.4. The molecule has 1 aromatic carbocycles. The van der Waals surface area contributed by atoms with Gasteiger partial charge in [-0.25, -0.2) is 8.42 Å². The Labute approximate surface area is 130 Å². The predicted molar refractivity (Wildman–Crippen MR) is 83.1 cm³/mol. The summed E-state index contributed by atoms with van der Waals surface area (Å²) in [5.74, 6) is -0.0403. The van der Waals surface area contributed by atoms with Gasteiger partial charge in [-0.3, -0.25) is 4.79 Å². The number of hydrogen-bond acceptors (Lipinski definition) is 3. The zero-order valence-corrected chi connectivity index (χ0v) is 14.1. The highest BCUT2D eigenvalue weighted by atomic mass is 35.7. The van der Waals surface area contributed by atoms with Crippen LogP contribution in [0, 0.1) is 12.3 Å². The zero-order chi connectivity index (χ0) is 15.8. The Balaban J connectivity index is 2.21. The number of aryl methyl sites for hydroxylation is 1. The Kier molecular flexibility index (Phi) is 4.36. The van der Waals surface area contributed by atoms with Crippen molar-refractivity contribution in [1.29, 1.82) is 0 Å². The molecule has 1 amide bonds. The van der Waals surface area contributed by atoms with Crippen LogP contribution in [-0.2, 0) is 9.05 Å². The third kappa shape index (κ3) is 3.77. The van der Waals surface area contributed by atoms with Crippen LogP contribution in [0.1, 0.15) is 42.6 Å². The summed E-state index contributed by atoms with van der Waals surface area (Å²) in [6.07, 6.45) is 1.96. The van der Waals surface area contributed by atoms with Gasteiger partial charge in [0.25, 0.3) is 15.0 Å². The van der Waals surface area contributed by atoms with Gasteiger partial charge in [-0.2, -0.15) is 0 Å². The Hall–Kier alpha value is -1.07. The minimum absolute atomic E-state index is 0.0259. The fourth-order valence-electron chi connectivity index (χ4n) is 2.51. The second kappa shape index (κ2) is 5.61. The fraction of sp³-hybridized carbons (Fsp3) is 0.533. The first-order valence-electron chi connectivity index (χ1n) is 6.95. The summed E-state index contributed by atoms with van der Waals surface area (Å²) < 4.78 is 22.6. The van der Waals surface area contributed by atoms with Gasteiger partial charge in [-0.1, -0.05) is 13.8 Å². The molecule has 0 aromatic heterocycles. The first-order valence-corrected chi connectivity index (χ1v) is 9.26. The van der Waals surface area contributed by atoms with E-state index in [0.29, 0.717) is 11.1 Å². The van der Waals surface area contributed by atoms with Gasteiger partial charge in [0.1, 0.15) is 0 Å². The van der Waals surface area contributed by atoms with Crippen molar-refractivity contribution < 1.29 is 13.2 Å². The molecule has 0 atom stereocenters. The Morgan fingerprint density at radius 3 is 2.29 bits per heavy atom. The van der Waals surface area contributed by atoms with E-state index in [4.69, 9.17) is 10.7 Å². The van der Waals surface area contributed by atoms with Crippen molar-refractivity contribution in [1.82, 2.24) is 4.90 Å². The predicted octanol–water partition coefficient (Wildman–Crippen LogP) is 3.18. The summed E-state index contributed by atoms with van der Waals surface area (Å²) in [5, 5.41) is 0. The molecule has 0 spiro atoms. The van der Waals surface area contributed by atoms with Crippen LogP contribution in [0.4, 0.5) is 0 Å². The van der Waals surface area contributed by atoms with E-state index in [1.807, 2.05) is 4.90 Å². The molecule has 0 unspecified atom stereocenters. The van der Waals surface area contributed by atoms with Crippen molar-refractivity contribution in [2.45, 2.75) is 38.5 Å². The molecule has 0 N–H and O–H groups in total. The number of carbonyl (C=O) groups excluding carboxylic acids is 1. The van der Waals surface area contributed by atoms with Crippen LogP contribution in [0.25, 0.3) is 0 Å².